The Kier molecular flexibility index (Phi) is 51.6. The molecule has 0 unspecified atom stereocenters. The van der Waals surface area contributed by atoms with Crippen molar-refractivity contribution in [3.63, 3.8) is 0 Å². The van der Waals surface area contributed by atoms with Gasteiger partial charge in [0, 0.05) is 155 Å². The van der Waals surface area contributed by atoms with E-state index in [0.29, 0.717) is 55.3 Å². The third kappa shape index (κ3) is 31.6. The molecule has 1 aliphatic heterocycles. The number of fused-ring (bicyclic) bond motifs is 6. The number of aromatic nitrogens is 12. The summed E-state index contributed by atoms with van der Waals surface area (Å²) in [6, 6.07) is 22.7. The van der Waals surface area contributed by atoms with E-state index < -0.39 is 14.8 Å². The Balaban J connectivity index is -0.000000595. The van der Waals surface area contributed by atoms with Gasteiger partial charge in [0.05, 0.1) is 48.0 Å². The van der Waals surface area contributed by atoms with Gasteiger partial charge >= 0.3 is 64.0 Å². The molecule has 1 aliphatic rings. The number of methoxy groups -OCH3 is 2. The molecule has 13 heterocycles. The summed E-state index contributed by atoms with van der Waals surface area (Å²) in [5, 5.41) is 25.4. The number of likely N-dealkylation sites (N-methyl/N-ethyl adjacent to an activating group) is 3. The summed E-state index contributed by atoms with van der Waals surface area (Å²) in [5.74, 6) is 0.729. The predicted octanol–water partition coefficient (Wildman–Crippen LogP) is 11.5. The first kappa shape index (κ1) is 104. The summed E-state index contributed by atoms with van der Waals surface area (Å²) in [7, 11) is 16.9. The number of pyridine rings is 6. The molecule has 0 saturated carbocycles. The maximum absolute atomic E-state index is 11.9. The standard InChI is InChI=1S/C15H14N6OS.C11H12ClN3O.C11H14N4O.C10H9ClN2O2.C7H7ClN2.C7H5ClN2.C3H5BrO2.C2H7N.6CH4.Mn.Na.2O.H/c1-20(2)13(22)9-21-6-4-11-12(21)3-5-17-14(11)19-15-18-8-10(7-16)23-15;2*1-14(2)10(16)7-15-6-4-8-9(15)3-5-13-11(8)12;1-15-9(14)6-13-5-3-7-8(13)2-4-12-10(7)11;2*8-7-5-1-3-9-6(5)2-4-10-7;1-6-3(5)2-4;1-3-2;;;;;;;;;;;/h3-6,8H,9H2,1-2H3,(H,17,18,19);3-6H,7H2,1-2H3;3-6H,7H2,1-2H3,(H2,12,13);2-5H,6H2,1H3;2,4,9H,1,3H2;1-4,9H;2H2,1H3;3H,1-2H3;6*1H4;;;;;/q;;;;;;;;;;;;;;;+1;;;-1. The van der Waals surface area contributed by atoms with Crippen LogP contribution in [0, 0.1) is 11.3 Å². The van der Waals surface area contributed by atoms with Gasteiger partial charge in [0.2, 0.25) is 17.7 Å². The molecule has 13 rings (SSSR count). The molecule has 0 fully saturated rings. The average molecular weight is 1720 g/mol. The fraction of sp³-hybridized carbons (Fsp3) is 0.319. The van der Waals surface area contributed by atoms with E-state index in [4.69, 9.17) is 65.1 Å². The minimum atomic E-state index is -1.44. The van der Waals surface area contributed by atoms with E-state index in [1.54, 1.807) is 105 Å². The minimum absolute atomic E-state index is 0. The quantitative estimate of drug-likeness (QED) is 0.0347. The number of anilines is 4. The van der Waals surface area contributed by atoms with E-state index >= 15 is 0 Å². The molecule has 0 aromatic carbocycles. The number of carbonyl (C=O) groups excluding carboxylic acids is 5. The molecule has 29 nitrogen and oxygen atoms in total. The van der Waals surface area contributed by atoms with E-state index in [1.165, 1.54) is 31.8 Å². The molecule has 0 radical (unpaired) electrons. The Morgan fingerprint density at radius 2 is 0.982 bits per heavy atom. The van der Waals surface area contributed by atoms with Crippen molar-refractivity contribution in [2.45, 2.75) is 77.2 Å². The monoisotopic (exact) mass is 1720 g/mol. The number of aromatic amines is 1. The van der Waals surface area contributed by atoms with Crippen LogP contribution in [0.25, 0.3) is 54.5 Å². The van der Waals surface area contributed by atoms with Gasteiger partial charge in [-0.3, -0.25) is 24.0 Å². The number of nitrogens with one attached hydrogen (secondary N) is 4. The Morgan fingerprint density at radius 1 is 0.587 bits per heavy atom. The summed E-state index contributed by atoms with van der Waals surface area (Å²) < 4.78 is 33.0. The molecule has 0 aliphatic carbocycles. The van der Waals surface area contributed by atoms with Crippen LogP contribution in [0.5, 0.6) is 0 Å². The third-order valence-corrected chi connectivity index (χ3v) is 16.5. The van der Waals surface area contributed by atoms with Crippen LogP contribution < -0.4 is 51.2 Å². The number of alkyl halides is 1. The molecule has 12 aromatic heterocycles. The van der Waals surface area contributed by atoms with Crippen LogP contribution >= 0.6 is 73.7 Å². The van der Waals surface area contributed by atoms with Gasteiger partial charge in [-0.25, -0.2) is 34.9 Å². The number of thiazole rings is 1. The average Bonchev–Trinajstić information content (AvgIpc) is 1.67. The number of esters is 2. The number of halogens is 5. The number of carbonyl (C=O) groups is 5. The topological polar surface area (TPSA) is 359 Å². The molecule has 12 aromatic rings. The van der Waals surface area contributed by atoms with Gasteiger partial charge in [-0.05, 0) is 87.2 Å². The Morgan fingerprint density at radius 3 is 1.40 bits per heavy atom. The van der Waals surface area contributed by atoms with Crippen LogP contribution in [-0.2, 0) is 88.5 Å². The number of nitrogens with zero attached hydrogens (tertiary/aromatic N) is 15. The molecule has 589 valence electrons. The Labute approximate surface area is 699 Å². The summed E-state index contributed by atoms with van der Waals surface area (Å²) in [4.78, 5) is 92.7. The second kappa shape index (κ2) is 53.9. The first-order chi connectivity index (χ1) is 48.9. The number of rotatable bonds is 11. The van der Waals surface area contributed by atoms with Crippen LogP contribution in [0.2, 0.25) is 20.6 Å². The van der Waals surface area contributed by atoms with Gasteiger partial charge in [-0.15, -0.1) is 0 Å². The number of nitrogen functional groups attached to an aromatic ring is 1. The molecule has 37 heteroatoms. The van der Waals surface area contributed by atoms with Gasteiger partial charge in [0.25, 0.3) is 0 Å². The molecule has 0 bridgehead atoms. The molecule has 0 atom stereocenters. The predicted molar refractivity (Wildman–Crippen MR) is 438 cm³/mol. The van der Waals surface area contributed by atoms with E-state index in [9.17, 15) is 24.0 Å². The van der Waals surface area contributed by atoms with Gasteiger partial charge in [0.15, 0.2) is 5.13 Å². The normalized spacial score (nSPS) is 9.78. The van der Waals surface area contributed by atoms with Crippen molar-refractivity contribution in [1.82, 2.24) is 78.2 Å². The third-order valence-electron chi connectivity index (χ3n) is 14.0. The van der Waals surface area contributed by atoms with Crippen molar-refractivity contribution in [2.24, 2.45) is 0 Å². The van der Waals surface area contributed by atoms with Gasteiger partial charge < -0.3 is 70.5 Å². The van der Waals surface area contributed by atoms with Crippen LogP contribution in [0.15, 0.2) is 141 Å². The van der Waals surface area contributed by atoms with Gasteiger partial charge in [0.1, 0.15) is 74.7 Å². The number of H-pyrrole nitrogens is 1. The number of amides is 3. The van der Waals surface area contributed by atoms with Crippen LogP contribution in [0.3, 0.4) is 0 Å². The van der Waals surface area contributed by atoms with Crippen LogP contribution in [0.1, 0.15) is 56.4 Å². The second-order valence-electron chi connectivity index (χ2n) is 21.4. The number of nitriles is 1. The Bertz CT molecular complexity index is 4750. The summed E-state index contributed by atoms with van der Waals surface area (Å²) >= 11 is 26.2. The first-order valence-corrected chi connectivity index (χ1v) is 34.5. The molecular formula is C72H98BrCl4MnN20NaO9S. The number of hydrogen-bond acceptors (Lipinski definition) is 22. The van der Waals surface area contributed by atoms with Gasteiger partial charge in [-0.2, -0.15) is 5.26 Å². The molecule has 0 saturated heterocycles. The van der Waals surface area contributed by atoms with E-state index in [1.807, 2.05) is 119 Å². The number of ether oxygens (including phenoxy) is 2. The molecule has 3 amide bonds. The van der Waals surface area contributed by atoms with E-state index in [2.05, 4.69) is 87.3 Å². The second-order valence-corrected chi connectivity index (χ2v) is 24.6. The molecule has 109 heavy (non-hydrogen) atoms. The summed E-state index contributed by atoms with van der Waals surface area (Å²) in [6.45, 7) is 2.08. The fourth-order valence-electron chi connectivity index (χ4n) is 8.84. The zero-order valence-corrected chi connectivity index (χ0v) is 66.5. The van der Waals surface area contributed by atoms with E-state index in [-0.39, 0.29) is 124 Å². The summed E-state index contributed by atoms with van der Waals surface area (Å²) in [6.07, 6.45) is 21.7. The van der Waals surface area contributed by atoms with Crippen molar-refractivity contribution in [1.29, 1.82) is 5.26 Å². The fourth-order valence-corrected chi connectivity index (χ4v) is 10.6. The zero-order valence-electron chi connectivity index (χ0n) is 58.9. The maximum atomic E-state index is 11.9. The number of nitrogens with two attached hydrogens (primary N) is 1. The number of hydrogen-bond donors (Lipinski definition) is 5. The molecule has 6 N–H and O–H groups in total. The molecule has 0 spiro atoms. The van der Waals surface area contributed by atoms with Crippen molar-refractivity contribution < 1.29 is 86.9 Å². The molecular weight excluding hydrogens is 1620 g/mol. The van der Waals surface area contributed by atoms with Crippen LogP contribution in [-0.4, -0.2) is 185 Å². The van der Waals surface area contributed by atoms with Crippen molar-refractivity contribution in [2.75, 3.05) is 98.8 Å². The SMILES string of the molecule is C.C.C.C.C.C.CN(C)C(=O)Cn1ccc2c(Cl)nccc21.CN(C)C(=O)Cn1ccc2c(N)nccc21.CN(C)C(=O)Cn1ccc2c(Nc3ncc(C#N)s3)nccc21.CNC.COC(=O)CBr.COC(=O)Cn1ccc2c(Cl)nccc21.Clc1nccc2[nH]ccc12.Clc1nccc2c1CCN2.[H-].[Na+].[O]=[Mn]=[O]. The van der Waals surface area contributed by atoms with E-state index in [0.717, 1.165) is 78.7 Å². The first-order valence-electron chi connectivity index (χ1n) is 30.1. The summed E-state index contributed by atoms with van der Waals surface area (Å²) in [5.41, 5.74) is 12.7. The van der Waals surface area contributed by atoms with Crippen LogP contribution in [0.4, 0.5) is 22.5 Å². The Hall–Kier alpha value is -8.81. The zero-order chi connectivity index (χ0) is 75.0. The van der Waals surface area contributed by atoms with Gasteiger partial charge in [-0.1, -0.05) is 118 Å². The van der Waals surface area contributed by atoms with Crippen molar-refractivity contribution in [3.05, 3.63) is 172 Å². The van der Waals surface area contributed by atoms with Crippen molar-refractivity contribution >= 4 is 180 Å². The van der Waals surface area contributed by atoms with Crippen molar-refractivity contribution in [3.8, 4) is 6.07 Å².